The van der Waals surface area contributed by atoms with E-state index >= 15 is 0 Å². The Morgan fingerprint density at radius 1 is 0.698 bits per heavy atom. The van der Waals surface area contributed by atoms with Gasteiger partial charge in [0.1, 0.15) is 0 Å². The van der Waals surface area contributed by atoms with Crippen molar-refractivity contribution in [3.63, 3.8) is 0 Å². The summed E-state index contributed by atoms with van der Waals surface area (Å²) >= 11 is 0. The molecule has 0 bridgehead atoms. The summed E-state index contributed by atoms with van der Waals surface area (Å²) in [4.78, 5) is 4.68. The van der Waals surface area contributed by atoms with Gasteiger partial charge in [0.15, 0.2) is 0 Å². The van der Waals surface area contributed by atoms with Crippen LogP contribution in [0.3, 0.4) is 0 Å². The van der Waals surface area contributed by atoms with Gasteiger partial charge >= 0.3 is 37.3 Å². The van der Waals surface area contributed by atoms with E-state index in [1.165, 1.54) is 42.2 Å². The van der Waals surface area contributed by atoms with Crippen LogP contribution in [0.25, 0.3) is 20.9 Å². The van der Waals surface area contributed by atoms with Crippen molar-refractivity contribution in [1.29, 1.82) is 0 Å². The van der Waals surface area contributed by atoms with Crippen molar-refractivity contribution in [3.05, 3.63) is 75.3 Å². The molecule has 43 heavy (non-hydrogen) atoms. The minimum Gasteiger partial charge on any atom is -0.682 e. The largest absolute Gasteiger partial charge is 3.00 e. The Kier molecular flexibility index (Phi) is 19.2. The Morgan fingerprint density at radius 3 is 1.51 bits per heavy atom. The zero-order valence-electron chi connectivity index (χ0n) is 28.6. The number of rotatable bonds is 7. The summed E-state index contributed by atoms with van der Waals surface area (Å²) in [5, 5.41) is 6.15. The molecule has 0 atom stereocenters. The van der Waals surface area contributed by atoms with Crippen LogP contribution >= 0.6 is 0 Å². The van der Waals surface area contributed by atoms with Crippen molar-refractivity contribution in [2.45, 2.75) is 111 Å². The molecule has 2 aliphatic rings. The van der Waals surface area contributed by atoms with E-state index in [1.54, 1.807) is 0 Å². The molecule has 0 aliphatic carbocycles. The van der Waals surface area contributed by atoms with Crippen LogP contribution in [0.1, 0.15) is 82.0 Å². The summed E-state index contributed by atoms with van der Waals surface area (Å²) in [5.41, 5.74) is 5.91. The Bertz CT molecular complexity index is 1070. The fourth-order valence-electron chi connectivity index (χ4n) is 5.04. The SMILES string of the molecule is C1CCOC1.C1CCOC1.CC(C)c1cccc(C(C)C)c1[N-]Cc1cc2ccccc2[n-]1.C[Si](C)(C)[N-][Si](C)(C)C.[Er+3]. The molecule has 1 aromatic heterocycles. The summed E-state index contributed by atoms with van der Waals surface area (Å²) in [7, 11) is -2.21. The quantitative estimate of drug-likeness (QED) is 0.225. The van der Waals surface area contributed by atoms with Crippen molar-refractivity contribution < 1.29 is 46.8 Å². The van der Waals surface area contributed by atoms with Gasteiger partial charge < -0.3 is 24.4 Å². The van der Waals surface area contributed by atoms with Crippen molar-refractivity contribution in [1.82, 2.24) is 4.98 Å². The summed E-state index contributed by atoms with van der Waals surface area (Å²) in [6.45, 7) is 27.3. The first-order valence-electron chi connectivity index (χ1n) is 16.0. The maximum absolute atomic E-state index is 4.95. The Hall–Kier alpha value is -0.659. The van der Waals surface area contributed by atoms with Crippen LogP contribution in [0.2, 0.25) is 39.3 Å². The molecule has 1 radical (unpaired) electrons. The van der Waals surface area contributed by atoms with Crippen molar-refractivity contribution in [3.8, 4) is 0 Å². The minimum atomic E-state index is -1.11. The first kappa shape index (κ1) is 40.4. The number of ether oxygens (including phenoxy) is 2. The molecule has 0 saturated carbocycles. The summed E-state index contributed by atoms with van der Waals surface area (Å²) < 4.78 is 14.7. The first-order valence-corrected chi connectivity index (χ1v) is 22.9. The van der Waals surface area contributed by atoms with E-state index in [4.69, 9.17) is 19.4 Å². The normalized spacial score (nSPS) is 14.7. The third-order valence-corrected chi connectivity index (χ3v) is 12.0. The van der Waals surface area contributed by atoms with Gasteiger partial charge in [-0.1, -0.05) is 143 Å². The van der Waals surface area contributed by atoms with E-state index in [0.29, 0.717) is 18.4 Å². The summed E-state index contributed by atoms with van der Waals surface area (Å²) in [5.74, 6) is 0.943. The van der Waals surface area contributed by atoms with Gasteiger partial charge in [-0.15, -0.1) is 17.7 Å². The van der Waals surface area contributed by atoms with Crippen LogP contribution in [-0.4, -0.2) is 42.9 Å². The van der Waals surface area contributed by atoms with E-state index < -0.39 is 16.5 Å². The van der Waals surface area contributed by atoms with E-state index in [0.717, 1.165) is 43.3 Å². The van der Waals surface area contributed by atoms with E-state index in [2.05, 4.69) is 114 Å². The van der Waals surface area contributed by atoms with Gasteiger partial charge in [0.25, 0.3) is 0 Å². The number of hydrogen-bond acceptors (Lipinski definition) is 2. The zero-order valence-corrected chi connectivity index (χ0v) is 32.4. The van der Waals surface area contributed by atoms with Gasteiger partial charge in [-0.05, 0) is 42.9 Å². The molecule has 0 unspecified atom stereocenters. The third kappa shape index (κ3) is 17.0. The summed E-state index contributed by atoms with van der Waals surface area (Å²) in [6, 6.07) is 16.9. The van der Waals surface area contributed by atoms with Gasteiger partial charge in [0, 0.05) is 26.4 Å². The minimum absolute atomic E-state index is 0. The monoisotopic (exact) mass is 774 g/mol. The fourth-order valence-corrected chi connectivity index (χ4v) is 13.1. The predicted molar refractivity (Wildman–Crippen MR) is 189 cm³/mol. The molecule has 2 fully saturated rings. The number of benzene rings is 2. The van der Waals surface area contributed by atoms with Crippen LogP contribution < -0.4 is 4.98 Å². The van der Waals surface area contributed by atoms with Crippen molar-refractivity contribution in [2.24, 2.45) is 0 Å². The van der Waals surface area contributed by atoms with Gasteiger partial charge in [0.05, 0.1) is 0 Å². The average molecular weight is 776 g/mol. The van der Waals surface area contributed by atoms with E-state index in [-0.39, 0.29) is 37.3 Å². The fraction of sp³-hybridized carbons (Fsp3) is 0.600. The van der Waals surface area contributed by atoms with Crippen LogP contribution in [0, 0.1) is 37.3 Å². The molecule has 5 rings (SSSR count). The average Bonchev–Trinajstić information content (AvgIpc) is 3.69. The second-order valence-electron chi connectivity index (χ2n) is 13.8. The molecule has 2 aromatic carbocycles. The van der Waals surface area contributed by atoms with Crippen molar-refractivity contribution in [2.75, 3.05) is 26.4 Å². The molecule has 3 aromatic rings. The number of fused-ring (bicyclic) bond motifs is 1. The van der Waals surface area contributed by atoms with Gasteiger partial charge in [-0.3, -0.25) is 0 Å². The van der Waals surface area contributed by atoms with Crippen LogP contribution in [0.15, 0.2) is 48.5 Å². The van der Waals surface area contributed by atoms with Crippen molar-refractivity contribution >= 4 is 33.1 Å². The Morgan fingerprint density at radius 2 is 1.16 bits per heavy atom. The second-order valence-corrected chi connectivity index (χ2v) is 23.4. The molecule has 0 amide bonds. The van der Waals surface area contributed by atoms with Gasteiger partial charge in [-0.2, -0.15) is 5.69 Å². The topological polar surface area (TPSA) is 60.8 Å². The standard InChI is InChI=1S/C21H24N2.C6H18NSi2.2C4H8O.Er/c1-14(2)18-9-7-10-19(15(3)4)21(18)22-13-17-12-16-8-5-6-11-20(16)23-17;1-8(2,3)7-9(4,5)6;2*1-2-4-5-3-1;/h5-12,14-15H,13H2,1-4H3;1-6H3;2*1-4H2;/q-2;-1;;;+3. The molecular formula is C35H58ErN3O2Si2. The van der Waals surface area contributed by atoms with Gasteiger partial charge in [0.2, 0.25) is 0 Å². The van der Waals surface area contributed by atoms with E-state index in [9.17, 15) is 0 Å². The summed E-state index contributed by atoms with van der Waals surface area (Å²) in [6.07, 6.45) is 5.11. The van der Waals surface area contributed by atoms with Crippen LogP contribution in [-0.2, 0) is 16.0 Å². The molecule has 0 spiro atoms. The number of nitrogens with zero attached hydrogens (tertiary/aromatic N) is 3. The number of aromatic nitrogens is 1. The first-order chi connectivity index (χ1) is 19.8. The third-order valence-electron chi connectivity index (χ3n) is 6.59. The smallest absolute Gasteiger partial charge is 0.682 e. The number of para-hydroxylation sites is 2. The molecular weight excluding hydrogens is 718 g/mol. The second kappa shape index (κ2) is 20.5. The maximum atomic E-state index is 4.95. The zero-order chi connectivity index (χ0) is 31.2. The van der Waals surface area contributed by atoms with Gasteiger partial charge in [-0.25, -0.2) is 0 Å². The maximum Gasteiger partial charge on any atom is 3.00 e. The van der Waals surface area contributed by atoms with Crippen LogP contribution in [0.4, 0.5) is 5.69 Å². The predicted octanol–water partition coefficient (Wildman–Crippen LogP) is 10.9. The van der Waals surface area contributed by atoms with Crippen LogP contribution in [0.5, 0.6) is 0 Å². The Labute approximate surface area is 295 Å². The van der Waals surface area contributed by atoms with E-state index in [1.807, 2.05) is 6.07 Å². The molecule has 5 nitrogen and oxygen atoms in total. The molecule has 3 heterocycles. The molecule has 2 aliphatic heterocycles. The number of hydrogen-bond donors (Lipinski definition) is 0. The molecule has 0 N–H and O–H groups in total. The Balaban J connectivity index is 0.000000376. The molecule has 8 heteroatoms. The molecule has 245 valence electrons. The molecule has 2 saturated heterocycles.